The molecule has 1 N–H and O–H groups in total. The van der Waals surface area contributed by atoms with Gasteiger partial charge in [0.1, 0.15) is 0 Å². The summed E-state index contributed by atoms with van der Waals surface area (Å²) in [6.07, 6.45) is 1.53. The van der Waals surface area contributed by atoms with Crippen LogP contribution in [0.25, 0.3) is 0 Å². The molecule has 0 spiro atoms. The summed E-state index contributed by atoms with van der Waals surface area (Å²) in [5.41, 5.74) is 2.21. The quantitative estimate of drug-likeness (QED) is 0.903. The molecule has 6 heteroatoms. The predicted octanol–water partition coefficient (Wildman–Crippen LogP) is 1.93. The van der Waals surface area contributed by atoms with E-state index in [2.05, 4.69) is 5.32 Å². The van der Waals surface area contributed by atoms with Crippen LogP contribution >= 0.6 is 0 Å². The smallest absolute Gasteiger partial charge is 0.251 e. The third kappa shape index (κ3) is 3.05. The van der Waals surface area contributed by atoms with Gasteiger partial charge in [0.05, 0.1) is 11.4 Å². The maximum atomic E-state index is 12.2. The highest BCUT2D eigenvalue weighted by Crippen LogP contribution is 2.35. The van der Waals surface area contributed by atoms with E-state index in [1.54, 1.807) is 19.1 Å². The van der Waals surface area contributed by atoms with Crippen molar-refractivity contribution in [3.8, 4) is 0 Å². The minimum atomic E-state index is -3.28. The highest BCUT2D eigenvalue weighted by atomic mass is 32.2. The van der Waals surface area contributed by atoms with E-state index in [1.165, 1.54) is 4.31 Å². The topological polar surface area (TPSA) is 66.5 Å². The first-order valence-corrected chi connectivity index (χ1v) is 8.94. The predicted molar refractivity (Wildman–Crippen MR) is 84.2 cm³/mol. The van der Waals surface area contributed by atoms with Crippen LogP contribution in [-0.4, -0.2) is 32.7 Å². The number of rotatable bonds is 5. The van der Waals surface area contributed by atoms with Crippen LogP contribution < -0.4 is 9.62 Å². The fourth-order valence-electron chi connectivity index (χ4n) is 2.65. The summed E-state index contributed by atoms with van der Waals surface area (Å²) in [5, 5.41) is 2.83. The molecule has 2 rings (SSSR count). The number of hydrogen-bond acceptors (Lipinski definition) is 3. The number of benzene rings is 1. The van der Waals surface area contributed by atoms with Crippen molar-refractivity contribution in [2.24, 2.45) is 0 Å². The summed E-state index contributed by atoms with van der Waals surface area (Å²) in [7, 11) is -3.28. The Balaban J connectivity index is 2.32. The van der Waals surface area contributed by atoms with Crippen molar-refractivity contribution in [1.82, 2.24) is 5.32 Å². The molecular formula is C15H22N2O3S. The van der Waals surface area contributed by atoms with E-state index in [4.69, 9.17) is 0 Å². The van der Waals surface area contributed by atoms with Gasteiger partial charge in [0.25, 0.3) is 5.91 Å². The summed E-state index contributed by atoms with van der Waals surface area (Å²) in [6, 6.07) is 5.15. The summed E-state index contributed by atoms with van der Waals surface area (Å²) in [6.45, 7) is 6.18. The Labute approximate surface area is 126 Å². The van der Waals surface area contributed by atoms with Crippen LogP contribution in [0.2, 0.25) is 0 Å². The van der Waals surface area contributed by atoms with Crippen molar-refractivity contribution in [2.75, 3.05) is 16.6 Å². The average Bonchev–Trinajstić information content (AvgIpc) is 2.80. The Morgan fingerprint density at radius 1 is 1.38 bits per heavy atom. The number of anilines is 1. The molecule has 1 amide bonds. The van der Waals surface area contributed by atoms with Gasteiger partial charge in [-0.1, -0.05) is 6.92 Å². The number of amides is 1. The molecular weight excluding hydrogens is 288 g/mol. The number of nitrogens with one attached hydrogen (secondary N) is 1. The molecule has 1 heterocycles. The molecule has 0 fully saturated rings. The fourth-order valence-corrected chi connectivity index (χ4v) is 4.03. The molecule has 0 aliphatic carbocycles. The lowest BCUT2D eigenvalue weighted by molar-refractivity contribution is 0.0953. The lowest BCUT2D eigenvalue weighted by atomic mass is 10.1. The van der Waals surface area contributed by atoms with E-state index in [-0.39, 0.29) is 17.7 Å². The van der Waals surface area contributed by atoms with Crippen LogP contribution in [0.15, 0.2) is 18.2 Å². The van der Waals surface area contributed by atoms with Crippen molar-refractivity contribution in [1.29, 1.82) is 0 Å². The van der Waals surface area contributed by atoms with Crippen molar-refractivity contribution >= 4 is 21.6 Å². The molecule has 5 nitrogen and oxygen atoms in total. The second kappa shape index (κ2) is 6.05. The molecule has 1 aliphatic heterocycles. The van der Waals surface area contributed by atoms with Crippen LogP contribution in [0.3, 0.4) is 0 Å². The number of carbonyl (C=O) groups excluding carboxylic acids is 1. The molecule has 21 heavy (non-hydrogen) atoms. The van der Waals surface area contributed by atoms with Crippen molar-refractivity contribution in [3.05, 3.63) is 29.3 Å². The van der Waals surface area contributed by atoms with Crippen LogP contribution in [-0.2, 0) is 16.4 Å². The van der Waals surface area contributed by atoms with Gasteiger partial charge in [-0.25, -0.2) is 8.42 Å². The summed E-state index contributed by atoms with van der Waals surface area (Å²) in [4.78, 5) is 12.0. The highest BCUT2D eigenvalue weighted by molar-refractivity contribution is 7.92. The van der Waals surface area contributed by atoms with Crippen molar-refractivity contribution < 1.29 is 13.2 Å². The normalized spacial score (nSPS) is 17.7. The van der Waals surface area contributed by atoms with Gasteiger partial charge in [0.2, 0.25) is 10.0 Å². The minimum Gasteiger partial charge on any atom is -0.352 e. The molecule has 116 valence electrons. The third-order valence-electron chi connectivity index (χ3n) is 3.69. The standard InChI is InChI=1S/C15H22N2O3S/c1-4-8-16-15(18)12-6-7-14-13(10-12)9-11(3)17(14)21(19,20)5-2/h6-7,10-11H,4-5,8-9H2,1-3H3,(H,16,18)/t11-/m1/s1. The summed E-state index contributed by atoms with van der Waals surface area (Å²) < 4.78 is 25.8. The number of nitrogens with zero attached hydrogens (tertiary/aromatic N) is 1. The molecule has 1 aromatic carbocycles. The molecule has 0 saturated heterocycles. The van der Waals surface area contributed by atoms with Gasteiger partial charge in [-0.05, 0) is 50.5 Å². The van der Waals surface area contributed by atoms with Crippen LogP contribution in [0, 0.1) is 0 Å². The Kier molecular flexibility index (Phi) is 4.56. The minimum absolute atomic E-state index is 0.0789. The molecule has 1 atom stereocenters. The first kappa shape index (κ1) is 15.8. The maximum Gasteiger partial charge on any atom is 0.251 e. The molecule has 1 aromatic rings. The van der Waals surface area contributed by atoms with Gasteiger partial charge in [-0.2, -0.15) is 0 Å². The summed E-state index contributed by atoms with van der Waals surface area (Å²) in [5.74, 6) is -0.0284. The van der Waals surface area contributed by atoms with Gasteiger partial charge >= 0.3 is 0 Å². The Morgan fingerprint density at radius 3 is 2.71 bits per heavy atom. The number of sulfonamides is 1. The zero-order valence-electron chi connectivity index (χ0n) is 12.7. The van der Waals surface area contributed by atoms with Crippen LogP contribution in [0.1, 0.15) is 43.1 Å². The van der Waals surface area contributed by atoms with Gasteiger partial charge in [-0.3, -0.25) is 9.10 Å². The van der Waals surface area contributed by atoms with Gasteiger partial charge < -0.3 is 5.32 Å². The summed E-state index contributed by atoms with van der Waals surface area (Å²) >= 11 is 0. The van der Waals surface area contributed by atoms with Gasteiger partial charge in [-0.15, -0.1) is 0 Å². The van der Waals surface area contributed by atoms with E-state index in [9.17, 15) is 13.2 Å². The first-order valence-electron chi connectivity index (χ1n) is 7.34. The zero-order valence-corrected chi connectivity index (χ0v) is 13.5. The molecule has 0 aromatic heterocycles. The second-order valence-electron chi connectivity index (χ2n) is 5.35. The largest absolute Gasteiger partial charge is 0.352 e. The molecule has 0 saturated carbocycles. The fraction of sp³-hybridized carbons (Fsp3) is 0.533. The van der Waals surface area contributed by atoms with E-state index in [1.807, 2.05) is 19.9 Å². The van der Waals surface area contributed by atoms with Gasteiger partial charge in [0.15, 0.2) is 0 Å². The Bertz CT molecular complexity index is 640. The maximum absolute atomic E-state index is 12.2. The lowest BCUT2D eigenvalue weighted by Crippen LogP contribution is -2.36. The number of carbonyl (C=O) groups is 1. The van der Waals surface area contributed by atoms with E-state index < -0.39 is 10.0 Å². The SMILES string of the molecule is CCCNC(=O)c1ccc2c(c1)C[C@@H](C)N2S(=O)(=O)CC. The third-order valence-corrected chi connectivity index (χ3v) is 5.58. The second-order valence-corrected chi connectivity index (χ2v) is 7.48. The van der Waals surface area contributed by atoms with E-state index in [0.29, 0.717) is 24.2 Å². The lowest BCUT2D eigenvalue weighted by Gasteiger charge is -2.23. The first-order chi connectivity index (χ1) is 9.90. The average molecular weight is 310 g/mol. The van der Waals surface area contributed by atoms with Crippen LogP contribution in [0.5, 0.6) is 0 Å². The van der Waals surface area contributed by atoms with Crippen molar-refractivity contribution in [3.63, 3.8) is 0 Å². The van der Waals surface area contributed by atoms with E-state index in [0.717, 1.165) is 12.0 Å². The zero-order chi connectivity index (χ0) is 15.6. The van der Waals surface area contributed by atoms with Gasteiger partial charge in [0, 0.05) is 18.2 Å². The number of hydrogen-bond donors (Lipinski definition) is 1. The molecule has 0 radical (unpaired) electrons. The van der Waals surface area contributed by atoms with E-state index >= 15 is 0 Å². The molecule has 1 aliphatic rings. The highest BCUT2D eigenvalue weighted by Gasteiger charge is 2.34. The van der Waals surface area contributed by atoms with Crippen molar-refractivity contribution in [2.45, 2.75) is 39.7 Å². The Morgan fingerprint density at radius 2 is 2.10 bits per heavy atom. The van der Waals surface area contributed by atoms with Crippen LogP contribution in [0.4, 0.5) is 5.69 Å². The molecule has 0 unspecified atom stereocenters. The Hall–Kier alpha value is -1.56. The monoisotopic (exact) mass is 310 g/mol. The number of fused-ring (bicyclic) bond motifs is 1. The molecule has 0 bridgehead atoms.